The van der Waals surface area contributed by atoms with E-state index in [4.69, 9.17) is 21.1 Å². The third kappa shape index (κ3) is 2.19. The van der Waals surface area contributed by atoms with Gasteiger partial charge in [-0.15, -0.1) is 0 Å². The zero-order valence-electron chi connectivity index (χ0n) is 8.84. The van der Waals surface area contributed by atoms with Gasteiger partial charge in [0.05, 0.1) is 7.11 Å². The van der Waals surface area contributed by atoms with Gasteiger partial charge in [0.1, 0.15) is 5.60 Å². The van der Waals surface area contributed by atoms with Crippen LogP contribution < -0.4 is 14.8 Å². The molecule has 1 aromatic carbocycles. The maximum Gasteiger partial charge on any atom is 0.162 e. The summed E-state index contributed by atoms with van der Waals surface area (Å²) < 4.78 is 11.1. The summed E-state index contributed by atoms with van der Waals surface area (Å²) in [4.78, 5) is 0. The first-order valence-electron chi connectivity index (χ1n) is 4.86. The summed E-state index contributed by atoms with van der Waals surface area (Å²) in [5.41, 5.74) is -0.124. The molecule has 1 aliphatic heterocycles. The molecule has 1 fully saturated rings. The van der Waals surface area contributed by atoms with Gasteiger partial charge in [0.15, 0.2) is 11.5 Å². The molecule has 0 aliphatic carbocycles. The first-order valence-corrected chi connectivity index (χ1v) is 5.24. The second-order valence-corrected chi connectivity index (χ2v) is 4.39. The molecule has 0 spiro atoms. The van der Waals surface area contributed by atoms with E-state index in [1.807, 2.05) is 6.07 Å². The Morgan fingerprint density at radius 3 is 2.60 bits per heavy atom. The minimum absolute atomic E-state index is 0.124. The van der Waals surface area contributed by atoms with E-state index in [2.05, 4.69) is 12.2 Å². The molecular formula is C11H14ClNO2. The van der Waals surface area contributed by atoms with E-state index in [0.29, 0.717) is 10.8 Å². The number of hydrogen-bond acceptors (Lipinski definition) is 3. The Balaban J connectivity index is 2.20. The maximum absolute atomic E-state index is 5.87. The van der Waals surface area contributed by atoms with Crippen LogP contribution in [0.5, 0.6) is 11.5 Å². The zero-order valence-corrected chi connectivity index (χ0v) is 9.60. The molecule has 1 N–H and O–H groups in total. The van der Waals surface area contributed by atoms with Crippen molar-refractivity contribution in [3.8, 4) is 11.5 Å². The molecule has 0 aromatic heterocycles. The number of methoxy groups -OCH3 is 1. The number of nitrogens with one attached hydrogen (secondary N) is 1. The molecule has 0 atom stereocenters. The van der Waals surface area contributed by atoms with Crippen LogP contribution in [-0.2, 0) is 0 Å². The van der Waals surface area contributed by atoms with E-state index in [-0.39, 0.29) is 5.60 Å². The highest BCUT2D eigenvalue weighted by Gasteiger charge is 2.34. The monoisotopic (exact) mass is 227 g/mol. The molecule has 0 saturated carbocycles. The first-order chi connectivity index (χ1) is 7.13. The van der Waals surface area contributed by atoms with Crippen molar-refractivity contribution in [3.63, 3.8) is 0 Å². The molecule has 0 amide bonds. The number of ether oxygens (including phenoxy) is 2. The van der Waals surface area contributed by atoms with E-state index in [1.165, 1.54) is 0 Å². The SMILES string of the molecule is COc1cc(Cl)ccc1OC1(C)CNC1. The van der Waals surface area contributed by atoms with Gasteiger partial charge in [0.2, 0.25) is 0 Å². The quantitative estimate of drug-likeness (QED) is 0.858. The van der Waals surface area contributed by atoms with E-state index in [9.17, 15) is 0 Å². The molecule has 0 unspecified atom stereocenters. The second-order valence-electron chi connectivity index (χ2n) is 3.95. The smallest absolute Gasteiger partial charge is 0.162 e. The van der Waals surface area contributed by atoms with E-state index in [0.717, 1.165) is 18.8 Å². The van der Waals surface area contributed by atoms with Crippen molar-refractivity contribution in [1.82, 2.24) is 5.32 Å². The molecule has 1 aromatic rings. The average Bonchev–Trinajstić information content (AvgIpc) is 2.18. The van der Waals surface area contributed by atoms with Gasteiger partial charge in [-0.1, -0.05) is 11.6 Å². The summed E-state index contributed by atoms with van der Waals surface area (Å²) in [6.07, 6.45) is 0. The molecule has 15 heavy (non-hydrogen) atoms. The van der Waals surface area contributed by atoms with Gasteiger partial charge in [-0.25, -0.2) is 0 Å². The van der Waals surface area contributed by atoms with Crippen LogP contribution in [0.3, 0.4) is 0 Å². The summed E-state index contributed by atoms with van der Waals surface area (Å²) in [6.45, 7) is 3.79. The Labute approximate surface area is 94.3 Å². The van der Waals surface area contributed by atoms with Crippen LogP contribution in [0.1, 0.15) is 6.92 Å². The van der Waals surface area contributed by atoms with Gasteiger partial charge < -0.3 is 14.8 Å². The van der Waals surface area contributed by atoms with Crippen molar-refractivity contribution in [2.75, 3.05) is 20.2 Å². The fraction of sp³-hybridized carbons (Fsp3) is 0.455. The standard InChI is InChI=1S/C11H14ClNO2/c1-11(6-13-7-11)15-9-4-3-8(12)5-10(9)14-2/h3-5,13H,6-7H2,1-2H3. The molecular weight excluding hydrogens is 214 g/mol. The Morgan fingerprint density at radius 2 is 2.07 bits per heavy atom. The number of hydrogen-bond donors (Lipinski definition) is 1. The lowest BCUT2D eigenvalue weighted by Crippen LogP contribution is -2.61. The predicted molar refractivity (Wildman–Crippen MR) is 59.9 cm³/mol. The normalized spacial score (nSPS) is 18.1. The minimum atomic E-state index is -0.124. The Morgan fingerprint density at radius 1 is 1.33 bits per heavy atom. The average molecular weight is 228 g/mol. The van der Waals surface area contributed by atoms with Crippen LogP contribution in [0, 0.1) is 0 Å². The van der Waals surface area contributed by atoms with Crippen molar-refractivity contribution in [1.29, 1.82) is 0 Å². The molecule has 1 heterocycles. The molecule has 0 radical (unpaired) electrons. The van der Waals surface area contributed by atoms with Crippen LogP contribution >= 0.6 is 11.6 Å². The van der Waals surface area contributed by atoms with Gasteiger partial charge in [0, 0.05) is 24.2 Å². The minimum Gasteiger partial charge on any atom is -0.493 e. The molecule has 3 nitrogen and oxygen atoms in total. The maximum atomic E-state index is 5.87. The second kappa shape index (κ2) is 3.91. The Bertz CT molecular complexity index is 364. The van der Waals surface area contributed by atoms with E-state index in [1.54, 1.807) is 19.2 Å². The number of halogens is 1. The van der Waals surface area contributed by atoms with Gasteiger partial charge in [-0.2, -0.15) is 0 Å². The van der Waals surface area contributed by atoms with Crippen molar-refractivity contribution < 1.29 is 9.47 Å². The first kappa shape index (κ1) is 10.6. The molecule has 0 bridgehead atoms. The number of rotatable bonds is 3. The topological polar surface area (TPSA) is 30.5 Å². The summed E-state index contributed by atoms with van der Waals surface area (Å²) in [6, 6.07) is 5.39. The van der Waals surface area contributed by atoms with Gasteiger partial charge in [0.25, 0.3) is 0 Å². The number of benzene rings is 1. The lowest BCUT2D eigenvalue weighted by Gasteiger charge is -2.39. The summed E-state index contributed by atoms with van der Waals surface area (Å²) in [7, 11) is 1.61. The Hall–Kier alpha value is -0.930. The summed E-state index contributed by atoms with van der Waals surface area (Å²) in [5.74, 6) is 1.42. The Kier molecular flexibility index (Phi) is 2.76. The third-order valence-corrected chi connectivity index (χ3v) is 2.72. The largest absolute Gasteiger partial charge is 0.493 e. The molecule has 82 valence electrons. The fourth-order valence-corrected chi connectivity index (χ4v) is 1.70. The van der Waals surface area contributed by atoms with Crippen molar-refractivity contribution in [2.45, 2.75) is 12.5 Å². The predicted octanol–water partition coefficient (Wildman–Crippen LogP) is 2.09. The molecule has 2 rings (SSSR count). The van der Waals surface area contributed by atoms with Crippen molar-refractivity contribution in [2.24, 2.45) is 0 Å². The van der Waals surface area contributed by atoms with Crippen LogP contribution in [0.15, 0.2) is 18.2 Å². The molecule has 1 saturated heterocycles. The molecule has 4 heteroatoms. The zero-order chi connectivity index (χ0) is 10.9. The molecule has 1 aliphatic rings. The summed E-state index contributed by atoms with van der Waals surface area (Å²) >= 11 is 5.87. The highest BCUT2D eigenvalue weighted by atomic mass is 35.5. The van der Waals surface area contributed by atoms with E-state index < -0.39 is 0 Å². The lowest BCUT2D eigenvalue weighted by atomic mass is 10.00. The van der Waals surface area contributed by atoms with Crippen LogP contribution in [0.2, 0.25) is 5.02 Å². The third-order valence-electron chi connectivity index (χ3n) is 2.48. The lowest BCUT2D eigenvalue weighted by molar-refractivity contribution is 0.0324. The fourth-order valence-electron chi connectivity index (χ4n) is 1.54. The van der Waals surface area contributed by atoms with Crippen LogP contribution in [0.4, 0.5) is 0 Å². The van der Waals surface area contributed by atoms with Crippen molar-refractivity contribution in [3.05, 3.63) is 23.2 Å². The highest BCUT2D eigenvalue weighted by Crippen LogP contribution is 2.33. The van der Waals surface area contributed by atoms with Gasteiger partial charge in [-0.3, -0.25) is 0 Å². The van der Waals surface area contributed by atoms with Gasteiger partial charge >= 0.3 is 0 Å². The van der Waals surface area contributed by atoms with Gasteiger partial charge in [-0.05, 0) is 19.1 Å². The van der Waals surface area contributed by atoms with Crippen LogP contribution in [0.25, 0.3) is 0 Å². The van der Waals surface area contributed by atoms with Crippen molar-refractivity contribution >= 4 is 11.6 Å². The van der Waals surface area contributed by atoms with E-state index >= 15 is 0 Å². The van der Waals surface area contributed by atoms with Crippen LogP contribution in [-0.4, -0.2) is 25.8 Å². The summed E-state index contributed by atoms with van der Waals surface area (Å²) in [5, 5.41) is 3.83. The highest BCUT2D eigenvalue weighted by molar-refractivity contribution is 6.30.